The number of alkyl halides is 3. The lowest BCUT2D eigenvalue weighted by atomic mass is 10.2. The van der Waals surface area contributed by atoms with Gasteiger partial charge in [-0.05, 0) is 43.7 Å². The van der Waals surface area contributed by atoms with Crippen LogP contribution in [0.15, 0.2) is 46.2 Å². The third-order valence-corrected chi connectivity index (χ3v) is 5.50. The molecule has 1 aromatic carbocycles. The van der Waals surface area contributed by atoms with Crippen molar-refractivity contribution in [3.8, 4) is 5.75 Å². The molecule has 0 amide bonds. The van der Waals surface area contributed by atoms with Crippen molar-refractivity contribution in [3.63, 3.8) is 0 Å². The van der Waals surface area contributed by atoms with Gasteiger partial charge in [0, 0.05) is 45.1 Å². The van der Waals surface area contributed by atoms with Crippen LogP contribution in [0.1, 0.15) is 12.8 Å². The van der Waals surface area contributed by atoms with Crippen molar-refractivity contribution in [2.24, 2.45) is 0 Å². The van der Waals surface area contributed by atoms with Crippen LogP contribution in [0, 0.1) is 0 Å². The molecule has 1 fully saturated rings. The number of nitrogens with zero attached hydrogens (tertiary/aromatic N) is 5. The second-order valence-electron chi connectivity index (χ2n) is 7.73. The van der Waals surface area contributed by atoms with Gasteiger partial charge < -0.3 is 14.6 Å². The van der Waals surface area contributed by atoms with Gasteiger partial charge in [-0.2, -0.15) is 0 Å². The SMILES string of the molecule is O=c1[nH]c2ccc(OC(F)(F)F)cc2c(=O)n1CCCCN1CCN(c2ncccn2)CC1. The van der Waals surface area contributed by atoms with Crippen LogP contribution in [0.2, 0.25) is 0 Å². The number of piperazine rings is 1. The van der Waals surface area contributed by atoms with E-state index in [1.54, 1.807) is 18.5 Å². The van der Waals surface area contributed by atoms with Crippen LogP contribution in [-0.4, -0.2) is 63.5 Å². The number of unbranched alkanes of at least 4 members (excludes halogenated alkanes) is 1. The minimum Gasteiger partial charge on any atom is -0.406 e. The maximum absolute atomic E-state index is 12.7. The molecule has 9 nitrogen and oxygen atoms in total. The normalized spacial score (nSPS) is 15.2. The van der Waals surface area contributed by atoms with E-state index < -0.39 is 23.4 Å². The average Bonchev–Trinajstić information content (AvgIpc) is 2.79. The zero-order chi connectivity index (χ0) is 23.4. The van der Waals surface area contributed by atoms with E-state index in [2.05, 4.69) is 29.5 Å². The summed E-state index contributed by atoms with van der Waals surface area (Å²) in [6, 6.07) is 5.05. The first kappa shape index (κ1) is 22.8. The van der Waals surface area contributed by atoms with E-state index in [0.29, 0.717) is 6.42 Å². The first-order chi connectivity index (χ1) is 15.8. The summed E-state index contributed by atoms with van der Waals surface area (Å²) in [6.07, 6.45) is -0.0860. The smallest absolute Gasteiger partial charge is 0.406 e. The summed E-state index contributed by atoms with van der Waals surface area (Å²) in [4.78, 5) is 40.5. The number of H-pyrrole nitrogens is 1. The minimum atomic E-state index is -4.87. The predicted molar refractivity (Wildman–Crippen MR) is 115 cm³/mol. The molecule has 0 saturated carbocycles. The van der Waals surface area contributed by atoms with Gasteiger partial charge in [-0.3, -0.25) is 14.3 Å². The van der Waals surface area contributed by atoms with Crippen molar-refractivity contribution in [2.45, 2.75) is 25.7 Å². The van der Waals surface area contributed by atoms with Gasteiger partial charge in [-0.25, -0.2) is 14.8 Å². The molecule has 0 spiro atoms. The summed E-state index contributed by atoms with van der Waals surface area (Å²) in [5, 5.41) is -0.0318. The Balaban J connectivity index is 1.33. The molecule has 0 aliphatic carbocycles. The van der Waals surface area contributed by atoms with Crippen LogP contribution in [0.3, 0.4) is 0 Å². The highest BCUT2D eigenvalue weighted by Gasteiger charge is 2.31. The summed E-state index contributed by atoms with van der Waals surface area (Å²) in [7, 11) is 0. The fourth-order valence-electron chi connectivity index (χ4n) is 3.86. The Morgan fingerprint density at radius 3 is 2.39 bits per heavy atom. The second-order valence-corrected chi connectivity index (χ2v) is 7.73. The summed E-state index contributed by atoms with van der Waals surface area (Å²) in [6.45, 7) is 4.33. The fraction of sp³-hybridized carbons (Fsp3) is 0.429. The Labute approximate surface area is 186 Å². The molecule has 4 rings (SSSR count). The zero-order valence-electron chi connectivity index (χ0n) is 17.7. The lowest BCUT2D eigenvalue weighted by molar-refractivity contribution is -0.274. The van der Waals surface area contributed by atoms with E-state index in [-0.39, 0.29) is 17.4 Å². The molecule has 1 N–H and O–H groups in total. The number of benzene rings is 1. The average molecular weight is 464 g/mol. The highest BCUT2D eigenvalue weighted by atomic mass is 19.4. The summed E-state index contributed by atoms with van der Waals surface area (Å²) in [5.74, 6) is 0.210. The maximum atomic E-state index is 12.7. The van der Waals surface area contributed by atoms with Crippen molar-refractivity contribution < 1.29 is 17.9 Å². The van der Waals surface area contributed by atoms with Crippen molar-refractivity contribution in [3.05, 3.63) is 57.5 Å². The molecule has 0 unspecified atom stereocenters. The summed E-state index contributed by atoms with van der Waals surface area (Å²) < 4.78 is 42.3. The molecule has 1 aliphatic heterocycles. The molecule has 33 heavy (non-hydrogen) atoms. The second kappa shape index (κ2) is 9.61. The lowest BCUT2D eigenvalue weighted by Crippen LogP contribution is -2.47. The molecular weight excluding hydrogens is 441 g/mol. The Kier molecular flexibility index (Phi) is 6.63. The number of anilines is 1. The zero-order valence-corrected chi connectivity index (χ0v) is 17.7. The van der Waals surface area contributed by atoms with Gasteiger partial charge in [-0.15, -0.1) is 13.2 Å². The summed E-state index contributed by atoms with van der Waals surface area (Å²) >= 11 is 0. The number of aromatic amines is 1. The van der Waals surface area contributed by atoms with Crippen molar-refractivity contribution in [1.29, 1.82) is 0 Å². The van der Waals surface area contributed by atoms with Gasteiger partial charge in [-0.1, -0.05) is 0 Å². The third-order valence-electron chi connectivity index (χ3n) is 5.50. The maximum Gasteiger partial charge on any atom is 0.573 e. The third kappa shape index (κ3) is 5.69. The Morgan fingerprint density at radius 2 is 1.70 bits per heavy atom. The van der Waals surface area contributed by atoms with Gasteiger partial charge in [0.05, 0.1) is 10.9 Å². The lowest BCUT2D eigenvalue weighted by Gasteiger charge is -2.34. The molecule has 1 aliphatic rings. The standard InChI is InChI=1S/C21H23F3N6O3/c22-21(23,24)33-15-4-5-17-16(14-15)18(31)30(20(32)27-17)9-2-1-8-28-10-12-29(13-11-28)19-25-6-3-7-26-19/h3-7,14H,1-2,8-13H2,(H,27,32). The number of aromatic nitrogens is 4. The molecule has 0 radical (unpaired) electrons. The van der Waals surface area contributed by atoms with E-state index in [1.165, 1.54) is 6.07 Å². The summed E-state index contributed by atoms with van der Waals surface area (Å²) in [5.41, 5.74) is -1.07. The minimum absolute atomic E-state index is 0.0318. The number of hydrogen-bond donors (Lipinski definition) is 1. The van der Waals surface area contributed by atoms with Crippen molar-refractivity contribution in [2.75, 3.05) is 37.6 Å². The van der Waals surface area contributed by atoms with E-state index in [0.717, 1.165) is 61.8 Å². The molecule has 2 aromatic heterocycles. The van der Waals surface area contributed by atoms with Gasteiger partial charge in [0.1, 0.15) is 5.75 Å². The van der Waals surface area contributed by atoms with Gasteiger partial charge in [0.15, 0.2) is 0 Å². The van der Waals surface area contributed by atoms with Gasteiger partial charge in [0.2, 0.25) is 5.95 Å². The van der Waals surface area contributed by atoms with Crippen molar-refractivity contribution in [1.82, 2.24) is 24.4 Å². The van der Waals surface area contributed by atoms with E-state index in [9.17, 15) is 22.8 Å². The first-order valence-electron chi connectivity index (χ1n) is 10.6. The first-order valence-corrected chi connectivity index (χ1v) is 10.6. The molecular formula is C21H23F3N6O3. The molecule has 3 heterocycles. The molecule has 0 bridgehead atoms. The number of rotatable bonds is 7. The van der Waals surface area contributed by atoms with Crippen LogP contribution in [-0.2, 0) is 6.54 Å². The van der Waals surface area contributed by atoms with Crippen LogP contribution in [0.5, 0.6) is 5.75 Å². The molecule has 12 heteroatoms. The topological polar surface area (TPSA) is 96.3 Å². The van der Waals surface area contributed by atoms with Crippen LogP contribution >= 0.6 is 0 Å². The van der Waals surface area contributed by atoms with Gasteiger partial charge >= 0.3 is 12.1 Å². The van der Waals surface area contributed by atoms with Crippen LogP contribution < -0.4 is 20.9 Å². The number of nitrogens with one attached hydrogen (secondary N) is 1. The highest BCUT2D eigenvalue weighted by molar-refractivity contribution is 5.78. The fourth-order valence-corrected chi connectivity index (χ4v) is 3.86. The molecule has 3 aromatic rings. The van der Waals surface area contributed by atoms with E-state index in [4.69, 9.17) is 0 Å². The molecule has 0 atom stereocenters. The molecule has 1 saturated heterocycles. The Morgan fingerprint density at radius 1 is 1.00 bits per heavy atom. The Hall–Kier alpha value is -3.41. The predicted octanol–water partition coefficient (Wildman–Crippen LogP) is 1.98. The van der Waals surface area contributed by atoms with Gasteiger partial charge in [0.25, 0.3) is 5.56 Å². The number of ether oxygens (including phenoxy) is 1. The molecule has 176 valence electrons. The quantitative estimate of drug-likeness (QED) is 0.534. The van der Waals surface area contributed by atoms with Crippen molar-refractivity contribution >= 4 is 16.9 Å². The number of hydrogen-bond acceptors (Lipinski definition) is 7. The Bertz CT molecular complexity index is 1200. The van der Waals surface area contributed by atoms with E-state index in [1.807, 2.05) is 0 Å². The van der Waals surface area contributed by atoms with E-state index >= 15 is 0 Å². The monoisotopic (exact) mass is 464 g/mol. The van der Waals surface area contributed by atoms with Crippen LogP contribution in [0.4, 0.5) is 19.1 Å². The number of halogens is 3. The largest absolute Gasteiger partial charge is 0.573 e. The van der Waals surface area contributed by atoms with Crippen LogP contribution in [0.25, 0.3) is 10.9 Å². The number of fused-ring (bicyclic) bond motifs is 1. The highest BCUT2D eigenvalue weighted by Crippen LogP contribution is 2.24.